The molecule has 0 saturated heterocycles. The molecular weight excluding hydrogens is 242 g/mol. The van der Waals surface area contributed by atoms with Crippen molar-refractivity contribution < 1.29 is 4.79 Å². The molecule has 0 spiro atoms. The molecule has 6 nitrogen and oxygen atoms in total. The Balaban J connectivity index is 2.02. The Morgan fingerprint density at radius 2 is 2.42 bits per heavy atom. The summed E-state index contributed by atoms with van der Waals surface area (Å²) >= 11 is 0. The van der Waals surface area contributed by atoms with Crippen molar-refractivity contribution in [3.63, 3.8) is 0 Å². The van der Waals surface area contributed by atoms with Gasteiger partial charge in [0.25, 0.3) is 5.91 Å². The molecular formula is C13H15N5O. The summed E-state index contributed by atoms with van der Waals surface area (Å²) in [6.45, 7) is 3.87. The van der Waals surface area contributed by atoms with Crippen molar-refractivity contribution in [3.05, 3.63) is 47.0 Å². The average molecular weight is 257 g/mol. The third kappa shape index (κ3) is 3.04. The lowest BCUT2D eigenvalue weighted by atomic mass is 10.1. The number of carbonyl (C=O) groups excluding carboxylic acids is 1. The molecule has 2 aromatic heterocycles. The van der Waals surface area contributed by atoms with E-state index in [0.29, 0.717) is 5.69 Å². The van der Waals surface area contributed by atoms with E-state index in [1.54, 1.807) is 18.5 Å². The highest BCUT2D eigenvalue weighted by molar-refractivity contribution is 5.94. The lowest BCUT2D eigenvalue weighted by molar-refractivity contribution is 0.0949. The number of rotatable bonds is 4. The van der Waals surface area contributed by atoms with Gasteiger partial charge in [0.05, 0.1) is 6.21 Å². The smallest absolute Gasteiger partial charge is 0.282 e. The van der Waals surface area contributed by atoms with Crippen LogP contribution in [0.15, 0.2) is 29.6 Å². The van der Waals surface area contributed by atoms with Crippen molar-refractivity contribution in [3.8, 4) is 0 Å². The number of carbonyl (C=O) groups is 1. The van der Waals surface area contributed by atoms with Gasteiger partial charge >= 0.3 is 0 Å². The summed E-state index contributed by atoms with van der Waals surface area (Å²) in [5.41, 5.74) is 5.45. The molecule has 2 aromatic rings. The zero-order chi connectivity index (χ0) is 13.7. The normalized spacial score (nSPS) is 10.8. The van der Waals surface area contributed by atoms with E-state index in [2.05, 4.69) is 25.7 Å². The third-order valence-corrected chi connectivity index (χ3v) is 2.74. The molecule has 0 bridgehead atoms. The standard InChI is InChI=1S/C13H15N5O/c1-3-11-9(2)12(17-16-11)13(19)18-15-8-10-5-4-6-14-7-10/h4-8H,3H2,1-2H3,(H,16,17)(H,18,19). The summed E-state index contributed by atoms with van der Waals surface area (Å²) < 4.78 is 0. The van der Waals surface area contributed by atoms with E-state index in [-0.39, 0.29) is 5.91 Å². The molecule has 2 N–H and O–H groups in total. The van der Waals surface area contributed by atoms with Crippen LogP contribution in [0.4, 0.5) is 0 Å². The molecule has 98 valence electrons. The number of hydrogen-bond acceptors (Lipinski definition) is 4. The van der Waals surface area contributed by atoms with Crippen molar-refractivity contribution in [1.29, 1.82) is 0 Å². The topological polar surface area (TPSA) is 83.0 Å². The quantitative estimate of drug-likeness (QED) is 0.642. The molecule has 0 fully saturated rings. The predicted molar refractivity (Wildman–Crippen MR) is 72.0 cm³/mol. The van der Waals surface area contributed by atoms with E-state index < -0.39 is 0 Å². The van der Waals surface area contributed by atoms with Gasteiger partial charge in [-0.2, -0.15) is 10.2 Å². The maximum Gasteiger partial charge on any atom is 0.292 e. The summed E-state index contributed by atoms with van der Waals surface area (Å²) in [7, 11) is 0. The number of hydrogen-bond donors (Lipinski definition) is 2. The maximum atomic E-state index is 11.9. The van der Waals surface area contributed by atoms with E-state index in [1.165, 1.54) is 6.21 Å². The Labute approximate surface area is 111 Å². The van der Waals surface area contributed by atoms with Gasteiger partial charge in [-0.05, 0) is 19.4 Å². The van der Waals surface area contributed by atoms with Gasteiger partial charge in [-0.15, -0.1) is 0 Å². The maximum absolute atomic E-state index is 11.9. The van der Waals surface area contributed by atoms with Crippen LogP contribution in [0.5, 0.6) is 0 Å². The monoisotopic (exact) mass is 257 g/mol. The SMILES string of the molecule is CCc1[nH]nc(C(=O)NN=Cc2cccnc2)c1C. The molecule has 0 saturated carbocycles. The van der Waals surface area contributed by atoms with Gasteiger partial charge in [0.15, 0.2) is 5.69 Å². The molecule has 2 heterocycles. The first-order valence-electron chi connectivity index (χ1n) is 5.99. The van der Waals surface area contributed by atoms with E-state index in [0.717, 1.165) is 23.2 Å². The predicted octanol–water partition coefficient (Wildman–Crippen LogP) is 1.44. The summed E-state index contributed by atoms with van der Waals surface area (Å²) in [5, 5.41) is 10.7. The molecule has 0 aliphatic heterocycles. The minimum Gasteiger partial charge on any atom is -0.282 e. The fraction of sp³-hybridized carbons (Fsp3) is 0.231. The van der Waals surface area contributed by atoms with Gasteiger partial charge in [-0.25, -0.2) is 5.43 Å². The van der Waals surface area contributed by atoms with Gasteiger partial charge < -0.3 is 0 Å². The Bertz CT molecular complexity index is 588. The Morgan fingerprint density at radius 3 is 3.05 bits per heavy atom. The third-order valence-electron chi connectivity index (χ3n) is 2.74. The molecule has 2 rings (SSSR count). The lowest BCUT2D eigenvalue weighted by Gasteiger charge is -1.97. The number of H-pyrrole nitrogens is 1. The van der Waals surface area contributed by atoms with Gasteiger partial charge in [-0.1, -0.05) is 13.0 Å². The van der Waals surface area contributed by atoms with Crippen LogP contribution >= 0.6 is 0 Å². The van der Waals surface area contributed by atoms with E-state index in [4.69, 9.17) is 0 Å². The van der Waals surface area contributed by atoms with Gasteiger partial charge in [0.2, 0.25) is 0 Å². The second kappa shape index (κ2) is 5.90. The van der Waals surface area contributed by atoms with E-state index >= 15 is 0 Å². The highest BCUT2D eigenvalue weighted by Gasteiger charge is 2.14. The van der Waals surface area contributed by atoms with Crippen LogP contribution in [0, 0.1) is 6.92 Å². The molecule has 0 unspecified atom stereocenters. The fourth-order valence-corrected chi connectivity index (χ4v) is 1.67. The molecule has 0 aromatic carbocycles. The molecule has 0 aliphatic rings. The second-order valence-corrected chi connectivity index (χ2v) is 4.01. The number of aromatic nitrogens is 3. The largest absolute Gasteiger partial charge is 0.292 e. The first-order chi connectivity index (χ1) is 9.22. The van der Waals surface area contributed by atoms with Crippen LogP contribution in [-0.2, 0) is 6.42 Å². The molecule has 6 heteroatoms. The summed E-state index contributed by atoms with van der Waals surface area (Å²) in [4.78, 5) is 15.8. The van der Waals surface area contributed by atoms with Crippen LogP contribution in [-0.4, -0.2) is 27.3 Å². The number of aryl methyl sites for hydroxylation is 1. The Morgan fingerprint density at radius 1 is 1.58 bits per heavy atom. The Kier molecular flexibility index (Phi) is 4.02. The van der Waals surface area contributed by atoms with Gasteiger partial charge in [0.1, 0.15) is 0 Å². The van der Waals surface area contributed by atoms with Crippen molar-refractivity contribution in [2.75, 3.05) is 0 Å². The van der Waals surface area contributed by atoms with Crippen LogP contribution in [0.1, 0.15) is 34.2 Å². The van der Waals surface area contributed by atoms with Crippen LogP contribution in [0.3, 0.4) is 0 Å². The van der Waals surface area contributed by atoms with E-state index in [9.17, 15) is 4.79 Å². The second-order valence-electron chi connectivity index (χ2n) is 4.01. The number of pyridine rings is 1. The highest BCUT2D eigenvalue weighted by atomic mass is 16.2. The Hall–Kier alpha value is -2.50. The first kappa shape index (κ1) is 12.9. The number of nitrogens with zero attached hydrogens (tertiary/aromatic N) is 3. The molecule has 0 radical (unpaired) electrons. The number of aromatic amines is 1. The van der Waals surface area contributed by atoms with E-state index in [1.807, 2.05) is 19.9 Å². The summed E-state index contributed by atoms with van der Waals surface area (Å²) in [5.74, 6) is -0.325. The van der Waals surface area contributed by atoms with Crippen LogP contribution < -0.4 is 5.43 Å². The van der Waals surface area contributed by atoms with Crippen molar-refractivity contribution in [2.45, 2.75) is 20.3 Å². The summed E-state index contributed by atoms with van der Waals surface area (Å²) in [6, 6.07) is 3.65. The minimum absolute atomic E-state index is 0.325. The van der Waals surface area contributed by atoms with Gasteiger partial charge in [0, 0.05) is 29.2 Å². The average Bonchev–Trinajstić information content (AvgIpc) is 2.81. The molecule has 19 heavy (non-hydrogen) atoms. The highest BCUT2D eigenvalue weighted by Crippen LogP contribution is 2.09. The number of amides is 1. The molecule has 1 amide bonds. The zero-order valence-corrected chi connectivity index (χ0v) is 10.8. The zero-order valence-electron chi connectivity index (χ0n) is 10.8. The van der Waals surface area contributed by atoms with Crippen LogP contribution in [0.2, 0.25) is 0 Å². The summed E-state index contributed by atoms with van der Waals surface area (Å²) in [6.07, 6.45) is 5.68. The van der Waals surface area contributed by atoms with Crippen molar-refractivity contribution in [2.24, 2.45) is 5.10 Å². The number of nitrogens with one attached hydrogen (secondary N) is 2. The fourth-order valence-electron chi connectivity index (χ4n) is 1.67. The number of hydrazone groups is 1. The lowest BCUT2D eigenvalue weighted by Crippen LogP contribution is -2.19. The minimum atomic E-state index is -0.325. The van der Waals surface area contributed by atoms with Gasteiger partial charge in [-0.3, -0.25) is 14.9 Å². The van der Waals surface area contributed by atoms with Crippen molar-refractivity contribution >= 4 is 12.1 Å². The molecule has 0 atom stereocenters. The van der Waals surface area contributed by atoms with Crippen LogP contribution in [0.25, 0.3) is 0 Å². The first-order valence-corrected chi connectivity index (χ1v) is 5.99. The molecule has 0 aliphatic carbocycles. The van der Waals surface area contributed by atoms with Crippen molar-refractivity contribution in [1.82, 2.24) is 20.6 Å².